The molecule has 0 aromatic rings. The first-order valence-corrected chi connectivity index (χ1v) is 4.47. The first-order chi connectivity index (χ1) is 5.66. The van der Waals surface area contributed by atoms with E-state index >= 15 is 0 Å². The summed E-state index contributed by atoms with van der Waals surface area (Å²) < 4.78 is 4.80. The van der Waals surface area contributed by atoms with Gasteiger partial charge in [-0.15, -0.1) is 0 Å². The van der Waals surface area contributed by atoms with Crippen LogP contribution in [0, 0.1) is 0 Å². The molecule has 0 saturated carbocycles. The van der Waals surface area contributed by atoms with Crippen LogP contribution in [-0.4, -0.2) is 23.8 Å². The molecule has 0 aliphatic heterocycles. The zero-order valence-electron chi connectivity index (χ0n) is 8.87. The summed E-state index contributed by atoms with van der Waals surface area (Å²) in [6, 6.07) is 0. The summed E-state index contributed by atoms with van der Waals surface area (Å²) in [6.07, 6.45) is 0.756. The van der Waals surface area contributed by atoms with Crippen LogP contribution in [0.2, 0.25) is 0 Å². The monoisotopic (exact) mass is 196 g/mol. The Morgan fingerprint density at radius 1 is 1.38 bits per heavy atom. The van der Waals surface area contributed by atoms with Crippen LogP contribution < -0.4 is 0 Å². The van der Waals surface area contributed by atoms with Gasteiger partial charge in [0, 0.05) is 13.0 Å². The van der Waals surface area contributed by atoms with Crippen LogP contribution in [0.1, 0.15) is 40.5 Å². The average Bonchev–Trinajstić information content (AvgIpc) is 2.03. The Hall–Kier alpha value is -0.640. The van der Waals surface area contributed by atoms with Crippen LogP contribution in [0.5, 0.6) is 0 Å². The third kappa shape index (κ3) is 18.4. The second kappa shape index (κ2) is 13.9. The van der Waals surface area contributed by atoms with Gasteiger partial charge in [-0.3, -0.25) is 9.50 Å². The molecule has 0 spiro atoms. The van der Waals surface area contributed by atoms with Gasteiger partial charge < -0.3 is 9.84 Å². The predicted octanol–water partition coefficient (Wildman–Crippen LogP) is 1.89. The fourth-order valence-electron chi connectivity index (χ4n) is 0.545. The molecule has 0 aliphatic rings. The van der Waals surface area contributed by atoms with Gasteiger partial charge in [-0.2, -0.15) is 0 Å². The third-order valence-corrected chi connectivity index (χ3v) is 0.906. The lowest BCUT2D eigenvalue weighted by atomic mass is 10.3. The van der Waals surface area contributed by atoms with Gasteiger partial charge in [0.05, 0.1) is 6.10 Å². The summed E-state index contributed by atoms with van der Waals surface area (Å²) in [4.78, 5) is 10.7. The van der Waals surface area contributed by atoms with E-state index in [1.54, 1.807) is 13.8 Å². The molecule has 0 fully saturated rings. The van der Waals surface area contributed by atoms with E-state index in [2.05, 4.69) is 0 Å². The van der Waals surface area contributed by atoms with Gasteiger partial charge in [0.2, 0.25) is 0 Å². The van der Waals surface area contributed by atoms with Crippen LogP contribution in [0.4, 0.5) is 4.70 Å². The van der Waals surface area contributed by atoms with Crippen LogP contribution >= 0.6 is 0 Å². The second-order valence-corrected chi connectivity index (χ2v) is 2.37. The van der Waals surface area contributed by atoms with Gasteiger partial charge in [-0.1, -0.05) is 13.8 Å². The molecule has 1 N–H and O–H groups in total. The number of halogens is 1. The predicted molar refractivity (Wildman–Crippen MR) is 51.4 cm³/mol. The smallest absolute Gasteiger partial charge is 0.306 e. The van der Waals surface area contributed by atoms with Crippen LogP contribution in [0.25, 0.3) is 0 Å². The minimum Gasteiger partial charge on any atom is -0.463 e. The number of hydrogen-bond acceptors (Lipinski definition) is 3. The number of esters is 1. The molecule has 0 bridgehead atoms. The SMILES string of the molecule is CC.CC(C)OC(=O)CCCO.F. The lowest BCUT2D eigenvalue weighted by Gasteiger charge is -2.06. The second-order valence-electron chi connectivity index (χ2n) is 2.37. The number of carbonyl (C=O) groups excluding carboxylic acids is 1. The first-order valence-electron chi connectivity index (χ1n) is 4.47. The third-order valence-electron chi connectivity index (χ3n) is 0.906. The molecule has 0 aromatic heterocycles. The Balaban J connectivity index is -0.000000309. The molecule has 0 aliphatic carbocycles. The molecule has 0 radical (unpaired) electrons. The van der Waals surface area contributed by atoms with E-state index < -0.39 is 0 Å². The largest absolute Gasteiger partial charge is 0.463 e. The van der Waals surface area contributed by atoms with Crippen molar-refractivity contribution >= 4 is 5.97 Å². The molecular weight excluding hydrogens is 175 g/mol. The van der Waals surface area contributed by atoms with Crippen molar-refractivity contribution < 1.29 is 19.3 Å². The quantitative estimate of drug-likeness (QED) is 0.698. The fraction of sp³-hybridized carbons (Fsp3) is 0.889. The molecule has 0 aromatic carbocycles. The zero-order chi connectivity index (χ0) is 9.98. The molecule has 0 rings (SSSR count). The van der Waals surface area contributed by atoms with E-state index in [0.29, 0.717) is 12.8 Å². The maximum Gasteiger partial charge on any atom is 0.306 e. The van der Waals surface area contributed by atoms with Crippen molar-refractivity contribution in [2.45, 2.75) is 46.6 Å². The molecule has 82 valence electrons. The standard InChI is InChI=1S/C7H14O3.C2H6.FH/c1-6(2)10-7(9)4-3-5-8;1-2;/h6,8H,3-5H2,1-2H3;1-2H3;1H. The topological polar surface area (TPSA) is 46.5 Å². The molecule has 0 atom stereocenters. The van der Waals surface area contributed by atoms with Gasteiger partial charge in [0.25, 0.3) is 0 Å². The Morgan fingerprint density at radius 3 is 2.15 bits per heavy atom. The van der Waals surface area contributed by atoms with E-state index in [0.717, 1.165) is 0 Å². The molecule has 0 saturated heterocycles. The lowest BCUT2D eigenvalue weighted by Crippen LogP contribution is -2.11. The van der Waals surface area contributed by atoms with Gasteiger partial charge >= 0.3 is 5.97 Å². The van der Waals surface area contributed by atoms with Crippen molar-refractivity contribution in [1.82, 2.24) is 0 Å². The minimum absolute atomic E-state index is 0. The Morgan fingerprint density at radius 2 is 1.85 bits per heavy atom. The van der Waals surface area contributed by atoms with Gasteiger partial charge in [0.15, 0.2) is 0 Å². The van der Waals surface area contributed by atoms with Gasteiger partial charge in [-0.05, 0) is 20.3 Å². The van der Waals surface area contributed by atoms with E-state index in [1.165, 1.54) is 0 Å². The number of hydrogen-bond donors (Lipinski definition) is 1. The molecule has 4 heteroatoms. The molecule has 3 nitrogen and oxygen atoms in total. The van der Waals surface area contributed by atoms with E-state index in [-0.39, 0.29) is 23.4 Å². The number of aliphatic hydroxyl groups excluding tert-OH is 1. The number of aliphatic hydroxyl groups is 1. The van der Waals surface area contributed by atoms with Crippen molar-refractivity contribution in [3.8, 4) is 0 Å². The summed E-state index contributed by atoms with van der Waals surface area (Å²) in [6.45, 7) is 7.65. The van der Waals surface area contributed by atoms with Crippen molar-refractivity contribution in [3.05, 3.63) is 0 Å². The number of ether oxygens (including phenoxy) is 1. The highest BCUT2D eigenvalue weighted by Gasteiger charge is 2.03. The zero-order valence-corrected chi connectivity index (χ0v) is 8.87. The van der Waals surface area contributed by atoms with Crippen molar-refractivity contribution in [2.75, 3.05) is 6.61 Å². The molecular formula is C9H21FO3. The first kappa shape index (κ1) is 18.2. The molecule has 0 heterocycles. The van der Waals surface area contributed by atoms with Crippen molar-refractivity contribution in [1.29, 1.82) is 0 Å². The van der Waals surface area contributed by atoms with E-state index in [9.17, 15) is 4.79 Å². The maximum atomic E-state index is 10.7. The summed E-state index contributed by atoms with van der Waals surface area (Å²) in [5.41, 5.74) is 0. The molecule has 13 heavy (non-hydrogen) atoms. The summed E-state index contributed by atoms with van der Waals surface area (Å²) >= 11 is 0. The number of rotatable bonds is 4. The highest BCUT2D eigenvalue weighted by Crippen LogP contribution is 1.95. The van der Waals surface area contributed by atoms with Crippen molar-refractivity contribution in [2.24, 2.45) is 0 Å². The summed E-state index contributed by atoms with van der Waals surface area (Å²) in [5.74, 6) is -0.232. The van der Waals surface area contributed by atoms with E-state index in [4.69, 9.17) is 9.84 Å². The van der Waals surface area contributed by atoms with Gasteiger partial charge in [-0.25, -0.2) is 0 Å². The van der Waals surface area contributed by atoms with Gasteiger partial charge in [0.1, 0.15) is 0 Å². The highest BCUT2D eigenvalue weighted by atomic mass is 19.0. The normalized spacial score (nSPS) is 8.15. The Kier molecular flexibility index (Phi) is 19.5. The van der Waals surface area contributed by atoms with Crippen LogP contribution in [0.15, 0.2) is 0 Å². The molecule has 0 amide bonds. The fourth-order valence-corrected chi connectivity index (χ4v) is 0.545. The lowest BCUT2D eigenvalue weighted by molar-refractivity contribution is -0.147. The van der Waals surface area contributed by atoms with Crippen LogP contribution in [-0.2, 0) is 9.53 Å². The summed E-state index contributed by atoms with van der Waals surface area (Å²) in [5, 5.41) is 8.34. The maximum absolute atomic E-state index is 10.7. The number of carbonyl (C=O) groups is 1. The highest BCUT2D eigenvalue weighted by molar-refractivity contribution is 5.69. The van der Waals surface area contributed by atoms with E-state index in [1.807, 2.05) is 13.8 Å². The summed E-state index contributed by atoms with van der Waals surface area (Å²) in [7, 11) is 0. The Labute approximate surface area is 79.5 Å². The van der Waals surface area contributed by atoms with Crippen molar-refractivity contribution in [3.63, 3.8) is 0 Å². The average molecular weight is 196 g/mol. The molecule has 0 unspecified atom stereocenters. The minimum atomic E-state index is -0.232. The Bertz CT molecular complexity index is 105. The van der Waals surface area contributed by atoms with Crippen LogP contribution in [0.3, 0.4) is 0 Å².